The molecule has 0 bridgehead atoms. The van der Waals surface area contributed by atoms with Crippen molar-refractivity contribution >= 4 is 45.7 Å². The van der Waals surface area contributed by atoms with E-state index in [1.165, 1.54) is 10.8 Å². The molecule has 1 aliphatic heterocycles. The van der Waals surface area contributed by atoms with Crippen LogP contribution in [0.1, 0.15) is 12.8 Å². The van der Waals surface area contributed by atoms with Crippen LogP contribution in [0.3, 0.4) is 0 Å². The summed E-state index contributed by atoms with van der Waals surface area (Å²) in [5.41, 5.74) is 1.88. The van der Waals surface area contributed by atoms with Crippen molar-refractivity contribution in [2.24, 2.45) is 5.92 Å². The van der Waals surface area contributed by atoms with Crippen molar-refractivity contribution in [1.82, 2.24) is 23.9 Å². The topological polar surface area (TPSA) is 80.3 Å². The number of alkyl halides is 3. The lowest BCUT2D eigenvalue weighted by Gasteiger charge is -2.35. The molecule has 0 saturated carbocycles. The van der Waals surface area contributed by atoms with E-state index in [9.17, 15) is 18.0 Å². The molecule has 194 valence electrons. The molecule has 1 N–H and O–H groups in total. The van der Waals surface area contributed by atoms with Crippen molar-refractivity contribution in [3.05, 3.63) is 82.5 Å². The first kappa shape index (κ1) is 24.2. The van der Waals surface area contributed by atoms with Gasteiger partial charge in [0.1, 0.15) is 5.39 Å². The number of nitrogens with zero attached hydrogens (tertiary/aromatic N) is 6. The van der Waals surface area contributed by atoms with Crippen LogP contribution in [0, 0.1) is 5.92 Å². The molecule has 0 aliphatic carbocycles. The van der Waals surface area contributed by atoms with E-state index in [-0.39, 0.29) is 29.9 Å². The van der Waals surface area contributed by atoms with Crippen LogP contribution in [0.25, 0.3) is 22.5 Å². The summed E-state index contributed by atoms with van der Waals surface area (Å²) < 4.78 is 42.7. The summed E-state index contributed by atoms with van der Waals surface area (Å²) in [6.07, 6.45) is 1.18. The molecule has 2 aromatic carbocycles. The number of benzene rings is 2. The molecular weight excluding hydrogens is 519 g/mol. The third-order valence-electron chi connectivity index (χ3n) is 6.72. The molecule has 5 aromatic rings. The fourth-order valence-corrected chi connectivity index (χ4v) is 5.04. The van der Waals surface area contributed by atoms with E-state index in [1.54, 1.807) is 70.2 Å². The van der Waals surface area contributed by atoms with Gasteiger partial charge in [-0.15, -0.1) is 0 Å². The van der Waals surface area contributed by atoms with E-state index in [1.807, 2.05) is 0 Å². The smallest absolute Gasteiger partial charge is 0.371 e. The first-order valence-corrected chi connectivity index (χ1v) is 12.4. The van der Waals surface area contributed by atoms with Crippen molar-refractivity contribution < 1.29 is 13.2 Å². The second kappa shape index (κ2) is 9.32. The average molecular weight is 540 g/mol. The zero-order valence-corrected chi connectivity index (χ0v) is 20.6. The van der Waals surface area contributed by atoms with E-state index in [4.69, 9.17) is 11.6 Å². The number of hydrogen-bond donors (Lipinski definition) is 1. The summed E-state index contributed by atoms with van der Waals surface area (Å²) >= 11 is 6.36. The number of nitrogens with one attached hydrogen (secondary N) is 1. The van der Waals surface area contributed by atoms with Gasteiger partial charge in [-0.2, -0.15) is 18.2 Å². The van der Waals surface area contributed by atoms with Crippen LogP contribution < -0.4 is 15.8 Å². The number of aromatic nitrogens is 5. The molecule has 1 unspecified atom stereocenters. The van der Waals surface area contributed by atoms with Gasteiger partial charge in [0.05, 0.1) is 16.6 Å². The monoisotopic (exact) mass is 539 g/mol. The Labute approximate surface area is 219 Å². The molecule has 1 fully saturated rings. The molecule has 0 radical (unpaired) electrons. The maximum atomic E-state index is 13.4. The van der Waals surface area contributed by atoms with E-state index >= 15 is 0 Å². The fraction of sp³-hybridized carbons (Fsp3) is 0.231. The van der Waals surface area contributed by atoms with Crippen LogP contribution in [0.2, 0.25) is 5.02 Å². The van der Waals surface area contributed by atoms with Gasteiger partial charge in [0.2, 0.25) is 11.7 Å². The van der Waals surface area contributed by atoms with E-state index < -0.39 is 12.1 Å². The number of piperidine rings is 1. The standard InChI is InChI=1S/C26H21ClF3N7O/c27-20-5-1-2-6-21(20)37-23(38)19-14-32-24(34-22(19)36-13-11-31-25(36)37)33-17-7-9-18(10-8-17)35-12-3-4-16(15-35)26(28,29)30/h1-2,5-11,13-14,16H,3-4,12,15H2,(H,32,33,34). The fourth-order valence-electron chi connectivity index (χ4n) is 4.82. The highest BCUT2D eigenvalue weighted by molar-refractivity contribution is 6.32. The molecule has 0 spiro atoms. The molecule has 1 saturated heterocycles. The van der Waals surface area contributed by atoms with Gasteiger partial charge < -0.3 is 10.2 Å². The number of hydrogen-bond acceptors (Lipinski definition) is 6. The first-order chi connectivity index (χ1) is 18.3. The van der Waals surface area contributed by atoms with Gasteiger partial charge >= 0.3 is 6.18 Å². The number of imidazole rings is 1. The molecule has 38 heavy (non-hydrogen) atoms. The highest BCUT2D eigenvalue weighted by Gasteiger charge is 2.41. The third kappa shape index (κ3) is 4.32. The number of para-hydroxylation sites is 1. The van der Waals surface area contributed by atoms with Gasteiger partial charge in [-0.3, -0.25) is 9.20 Å². The Hall–Kier alpha value is -4.12. The quantitative estimate of drug-likeness (QED) is 0.320. The zero-order chi connectivity index (χ0) is 26.4. The minimum absolute atomic E-state index is 0.0450. The summed E-state index contributed by atoms with van der Waals surface area (Å²) in [4.78, 5) is 28.4. The summed E-state index contributed by atoms with van der Waals surface area (Å²) in [7, 11) is 0. The average Bonchev–Trinajstić information content (AvgIpc) is 3.40. The molecule has 4 heterocycles. The molecule has 1 atom stereocenters. The third-order valence-corrected chi connectivity index (χ3v) is 7.04. The Kier molecular flexibility index (Phi) is 5.94. The number of anilines is 3. The highest BCUT2D eigenvalue weighted by Crippen LogP contribution is 2.35. The Morgan fingerprint density at radius 1 is 1.05 bits per heavy atom. The van der Waals surface area contributed by atoms with E-state index in [2.05, 4.69) is 20.3 Å². The second-order valence-electron chi connectivity index (χ2n) is 9.12. The van der Waals surface area contributed by atoms with Gasteiger partial charge in [0.15, 0.2) is 5.65 Å². The predicted molar refractivity (Wildman–Crippen MR) is 140 cm³/mol. The zero-order valence-electron chi connectivity index (χ0n) is 19.9. The molecule has 6 rings (SSSR count). The number of halogens is 4. The molecule has 3 aromatic heterocycles. The number of rotatable bonds is 4. The van der Waals surface area contributed by atoms with E-state index in [0.29, 0.717) is 40.8 Å². The van der Waals surface area contributed by atoms with Crippen molar-refractivity contribution in [1.29, 1.82) is 0 Å². The van der Waals surface area contributed by atoms with Crippen LogP contribution in [0.15, 0.2) is 71.9 Å². The molecule has 8 nitrogen and oxygen atoms in total. The summed E-state index contributed by atoms with van der Waals surface area (Å²) in [5, 5.41) is 3.79. The summed E-state index contributed by atoms with van der Waals surface area (Å²) in [6, 6.07) is 14.1. The van der Waals surface area contributed by atoms with Crippen molar-refractivity contribution in [3.8, 4) is 5.69 Å². The van der Waals surface area contributed by atoms with Crippen molar-refractivity contribution in [2.75, 3.05) is 23.3 Å². The Morgan fingerprint density at radius 3 is 2.61 bits per heavy atom. The number of fused-ring (bicyclic) bond motifs is 3. The van der Waals surface area contributed by atoms with Gasteiger partial charge in [-0.1, -0.05) is 23.7 Å². The largest absolute Gasteiger partial charge is 0.393 e. The Morgan fingerprint density at radius 2 is 1.84 bits per heavy atom. The molecule has 1 aliphatic rings. The van der Waals surface area contributed by atoms with Crippen LogP contribution >= 0.6 is 11.6 Å². The van der Waals surface area contributed by atoms with Crippen LogP contribution in [0.4, 0.5) is 30.5 Å². The van der Waals surface area contributed by atoms with Gasteiger partial charge in [-0.25, -0.2) is 14.5 Å². The van der Waals surface area contributed by atoms with Gasteiger partial charge in [0.25, 0.3) is 5.56 Å². The minimum atomic E-state index is -4.19. The highest BCUT2D eigenvalue weighted by atomic mass is 35.5. The van der Waals surface area contributed by atoms with Crippen LogP contribution in [-0.4, -0.2) is 43.2 Å². The Balaban J connectivity index is 1.30. The lowest BCUT2D eigenvalue weighted by atomic mass is 9.97. The van der Waals surface area contributed by atoms with Crippen LogP contribution in [-0.2, 0) is 0 Å². The molecule has 12 heteroatoms. The molecule has 0 amide bonds. The maximum Gasteiger partial charge on any atom is 0.393 e. The van der Waals surface area contributed by atoms with Gasteiger partial charge in [0, 0.05) is 43.1 Å². The van der Waals surface area contributed by atoms with Crippen molar-refractivity contribution in [2.45, 2.75) is 19.0 Å². The first-order valence-electron chi connectivity index (χ1n) is 12.0. The van der Waals surface area contributed by atoms with Gasteiger partial charge in [-0.05, 0) is 49.2 Å². The second-order valence-corrected chi connectivity index (χ2v) is 9.53. The maximum absolute atomic E-state index is 13.4. The lowest BCUT2D eigenvalue weighted by molar-refractivity contribution is -0.175. The summed E-state index contributed by atoms with van der Waals surface area (Å²) in [5.74, 6) is -0.712. The van der Waals surface area contributed by atoms with Crippen LogP contribution in [0.5, 0.6) is 0 Å². The predicted octanol–water partition coefficient (Wildman–Crippen LogP) is 5.60. The molecular formula is C26H21ClF3N7O. The minimum Gasteiger partial charge on any atom is -0.371 e. The van der Waals surface area contributed by atoms with Crippen molar-refractivity contribution in [3.63, 3.8) is 0 Å². The summed E-state index contributed by atoms with van der Waals surface area (Å²) in [6.45, 7) is 0.538. The SMILES string of the molecule is O=c1c2cnc(Nc3ccc(N4CCCC(C(F)(F)F)C4)cc3)nc2n2ccnc2n1-c1ccccc1Cl. The normalized spacial score (nSPS) is 16.3. The Bertz CT molecular complexity index is 1700. The van der Waals surface area contributed by atoms with E-state index in [0.717, 1.165) is 5.69 Å². The lowest BCUT2D eigenvalue weighted by Crippen LogP contribution is -2.41.